The average Bonchev–Trinajstić information content (AvgIpc) is 2.89. The summed E-state index contributed by atoms with van der Waals surface area (Å²) in [7, 11) is 0. The molecule has 5 heteroatoms. The Hall–Kier alpha value is -2.56. The van der Waals surface area contributed by atoms with E-state index in [1.165, 1.54) is 28.6 Å². The molecule has 4 aliphatic rings. The van der Waals surface area contributed by atoms with E-state index in [9.17, 15) is 9.59 Å². The third-order valence-corrected chi connectivity index (χ3v) is 5.84. The molecule has 0 saturated carbocycles. The van der Waals surface area contributed by atoms with E-state index < -0.39 is 0 Å². The van der Waals surface area contributed by atoms with Crippen LogP contribution < -0.4 is 11.4 Å². The zero-order valence-electron chi connectivity index (χ0n) is 14.1. The van der Waals surface area contributed by atoms with Crippen molar-refractivity contribution >= 4 is 0 Å². The van der Waals surface area contributed by atoms with Crippen molar-refractivity contribution in [1.29, 1.82) is 0 Å². The molecule has 128 valence electrons. The summed E-state index contributed by atoms with van der Waals surface area (Å²) < 4.78 is 4.72. The maximum absolute atomic E-state index is 13.2. The molecule has 3 heterocycles. The van der Waals surface area contributed by atoms with Gasteiger partial charge in [0, 0.05) is 0 Å². The SMILES string of the molecule is O=c1n(-c2ccccc2)c(=O)n2n1[C@H]1C=C[C@H]2C2=C(CCCC2)CC1. The second kappa shape index (κ2) is 5.48. The number of hydrogen-bond donors (Lipinski definition) is 0. The van der Waals surface area contributed by atoms with Crippen LogP contribution in [0.15, 0.2) is 63.2 Å². The van der Waals surface area contributed by atoms with E-state index in [-0.39, 0.29) is 23.5 Å². The highest BCUT2D eigenvalue weighted by Gasteiger charge is 2.34. The normalized spacial score (nSPS) is 24.6. The Bertz CT molecular complexity index is 1000. The third kappa shape index (κ3) is 2.08. The van der Waals surface area contributed by atoms with Gasteiger partial charge in [0.05, 0.1) is 17.8 Å². The standard InChI is InChI=1S/C20H21N3O2/c24-19-21(15-7-2-1-3-8-15)20(25)23-18-13-12-16(22(19)23)11-10-14-6-4-5-9-17(14)18/h1-3,7-8,12-13,16,18H,4-6,9-11H2/t16-,18+/m1/s1. The van der Waals surface area contributed by atoms with E-state index in [2.05, 4.69) is 12.2 Å². The summed E-state index contributed by atoms with van der Waals surface area (Å²) in [6.07, 6.45) is 10.8. The van der Waals surface area contributed by atoms with Crippen molar-refractivity contribution < 1.29 is 0 Å². The Morgan fingerprint density at radius 3 is 2.44 bits per heavy atom. The number of fused-ring (bicyclic) bond motifs is 1. The van der Waals surface area contributed by atoms with Crippen LogP contribution in [0.25, 0.3) is 5.69 Å². The highest BCUT2D eigenvalue weighted by atomic mass is 16.2. The van der Waals surface area contributed by atoms with E-state index in [1.807, 2.05) is 30.3 Å². The predicted octanol–water partition coefficient (Wildman–Crippen LogP) is 3.12. The van der Waals surface area contributed by atoms with E-state index >= 15 is 0 Å². The van der Waals surface area contributed by atoms with Crippen molar-refractivity contribution in [3.05, 3.63) is 74.6 Å². The molecule has 0 spiro atoms. The highest BCUT2D eigenvalue weighted by molar-refractivity contribution is 5.33. The molecule has 25 heavy (non-hydrogen) atoms. The molecule has 0 N–H and O–H groups in total. The summed E-state index contributed by atoms with van der Waals surface area (Å²) in [6.45, 7) is 0. The van der Waals surface area contributed by atoms with Gasteiger partial charge in [-0.3, -0.25) is 0 Å². The minimum Gasteiger partial charge on any atom is -0.245 e. The molecule has 5 nitrogen and oxygen atoms in total. The van der Waals surface area contributed by atoms with Crippen LogP contribution in [0, 0.1) is 0 Å². The molecule has 6 rings (SSSR count). The molecule has 0 amide bonds. The van der Waals surface area contributed by atoms with Crippen LogP contribution in [-0.2, 0) is 0 Å². The molecule has 0 unspecified atom stereocenters. The van der Waals surface area contributed by atoms with E-state index in [0.717, 1.165) is 25.7 Å². The van der Waals surface area contributed by atoms with Gasteiger partial charge in [-0.05, 0) is 56.2 Å². The van der Waals surface area contributed by atoms with Crippen molar-refractivity contribution in [3.8, 4) is 5.69 Å². The fourth-order valence-electron chi connectivity index (χ4n) is 4.66. The zero-order valence-corrected chi connectivity index (χ0v) is 14.1. The Morgan fingerprint density at radius 1 is 0.840 bits per heavy atom. The number of allylic oxidation sites excluding steroid dienone is 4. The smallest absolute Gasteiger partial charge is 0.245 e. The Balaban J connectivity index is 1.78. The molecule has 2 bridgehead atoms. The Morgan fingerprint density at radius 2 is 1.60 bits per heavy atom. The average molecular weight is 335 g/mol. The van der Waals surface area contributed by atoms with Gasteiger partial charge in [-0.1, -0.05) is 35.9 Å². The van der Waals surface area contributed by atoms with E-state index in [4.69, 9.17) is 0 Å². The zero-order chi connectivity index (χ0) is 17.0. The monoisotopic (exact) mass is 335 g/mol. The molecule has 0 fully saturated rings. The largest absolute Gasteiger partial charge is 0.352 e. The number of aromatic nitrogens is 3. The van der Waals surface area contributed by atoms with Gasteiger partial charge in [0.2, 0.25) is 0 Å². The second-order valence-electron chi connectivity index (χ2n) is 7.20. The van der Waals surface area contributed by atoms with Crippen LogP contribution in [0.2, 0.25) is 0 Å². The molecule has 2 aliphatic carbocycles. The fourth-order valence-corrected chi connectivity index (χ4v) is 4.66. The topological polar surface area (TPSA) is 48.9 Å². The molecule has 2 aliphatic heterocycles. The maximum Gasteiger partial charge on any atom is 0.352 e. The van der Waals surface area contributed by atoms with Gasteiger partial charge < -0.3 is 0 Å². The summed E-state index contributed by atoms with van der Waals surface area (Å²) >= 11 is 0. The van der Waals surface area contributed by atoms with E-state index in [0.29, 0.717) is 5.69 Å². The lowest BCUT2D eigenvalue weighted by molar-refractivity contribution is 0.332. The van der Waals surface area contributed by atoms with Gasteiger partial charge in [0.15, 0.2) is 0 Å². The molecular weight excluding hydrogens is 314 g/mol. The molecule has 0 radical (unpaired) electrons. The van der Waals surface area contributed by atoms with Crippen LogP contribution in [0.4, 0.5) is 0 Å². The lowest BCUT2D eigenvalue weighted by Crippen LogP contribution is -2.37. The Labute approximate surface area is 145 Å². The van der Waals surface area contributed by atoms with Crippen molar-refractivity contribution in [2.75, 3.05) is 0 Å². The number of para-hydroxylation sites is 1. The molecule has 1 aromatic carbocycles. The van der Waals surface area contributed by atoms with Crippen molar-refractivity contribution in [2.24, 2.45) is 0 Å². The first kappa shape index (κ1) is 14.8. The van der Waals surface area contributed by atoms with Gasteiger partial charge in [-0.2, -0.15) is 0 Å². The van der Waals surface area contributed by atoms with Crippen LogP contribution in [0.5, 0.6) is 0 Å². The van der Waals surface area contributed by atoms with Gasteiger partial charge in [-0.25, -0.2) is 23.5 Å². The number of rotatable bonds is 1. The van der Waals surface area contributed by atoms with Crippen molar-refractivity contribution in [3.63, 3.8) is 0 Å². The first-order valence-electron chi connectivity index (χ1n) is 9.16. The first-order chi connectivity index (χ1) is 12.3. The lowest BCUT2D eigenvalue weighted by atomic mass is 9.82. The minimum atomic E-state index is -0.227. The van der Waals surface area contributed by atoms with Crippen LogP contribution in [0.3, 0.4) is 0 Å². The number of benzene rings is 1. The molecule has 0 saturated heterocycles. The summed E-state index contributed by atoms with van der Waals surface area (Å²) in [6, 6.07) is 9.11. The summed E-state index contributed by atoms with van der Waals surface area (Å²) in [4.78, 5) is 26.3. The number of nitrogens with zero attached hydrogens (tertiary/aromatic N) is 3. The quantitative estimate of drug-likeness (QED) is 0.752. The summed E-state index contributed by atoms with van der Waals surface area (Å²) in [5.41, 5.74) is 3.07. The predicted molar refractivity (Wildman–Crippen MR) is 96.2 cm³/mol. The number of hydrogen-bond acceptors (Lipinski definition) is 2. The van der Waals surface area contributed by atoms with Gasteiger partial charge in [0.1, 0.15) is 0 Å². The van der Waals surface area contributed by atoms with Gasteiger partial charge in [-0.15, -0.1) is 0 Å². The van der Waals surface area contributed by atoms with Crippen LogP contribution in [0.1, 0.15) is 50.6 Å². The van der Waals surface area contributed by atoms with E-state index in [1.54, 1.807) is 9.36 Å². The van der Waals surface area contributed by atoms with Crippen molar-refractivity contribution in [2.45, 2.75) is 50.6 Å². The molecule has 2 aromatic rings. The van der Waals surface area contributed by atoms with Gasteiger partial charge >= 0.3 is 11.4 Å². The first-order valence-corrected chi connectivity index (χ1v) is 9.16. The minimum absolute atomic E-state index is 0.0302. The Kier molecular flexibility index (Phi) is 3.23. The van der Waals surface area contributed by atoms with Crippen molar-refractivity contribution in [1.82, 2.24) is 13.9 Å². The van der Waals surface area contributed by atoms with Crippen LogP contribution in [-0.4, -0.2) is 13.9 Å². The molecular formula is C20H21N3O2. The highest BCUT2D eigenvalue weighted by Crippen LogP contribution is 2.40. The summed E-state index contributed by atoms with van der Waals surface area (Å²) in [5, 5.41) is 0. The molecule has 2 atom stereocenters. The van der Waals surface area contributed by atoms with Gasteiger partial charge in [0.25, 0.3) is 0 Å². The maximum atomic E-state index is 13.2. The van der Waals surface area contributed by atoms with Crippen LogP contribution >= 0.6 is 0 Å². The lowest BCUT2D eigenvalue weighted by Gasteiger charge is -2.35. The fraction of sp³-hybridized carbons (Fsp3) is 0.400. The summed E-state index contributed by atoms with van der Waals surface area (Å²) in [5.74, 6) is 0. The second-order valence-corrected chi connectivity index (χ2v) is 7.20. The third-order valence-electron chi connectivity index (χ3n) is 5.84. The molecule has 1 aromatic heterocycles.